The van der Waals surface area contributed by atoms with Crippen LogP contribution in [-0.2, 0) is 19.7 Å². The number of fused-ring (bicyclic) bond motifs is 1. The molecule has 0 aliphatic heterocycles. The first kappa shape index (κ1) is 18.5. The smallest absolute Gasteiger partial charge is 0.298 e. The molecule has 27 heavy (non-hydrogen) atoms. The van der Waals surface area contributed by atoms with E-state index in [1.54, 1.807) is 30.3 Å². The molecule has 0 atom stereocenters. The molecule has 138 valence electrons. The van der Waals surface area contributed by atoms with Crippen molar-refractivity contribution in [3.05, 3.63) is 74.6 Å². The molecule has 3 rings (SSSR count). The van der Waals surface area contributed by atoms with Crippen LogP contribution in [0.15, 0.2) is 63.3 Å². The van der Waals surface area contributed by atoms with Gasteiger partial charge in [0.2, 0.25) is 11.6 Å². The van der Waals surface area contributed by atoms with Gasteiger partial charge in [0.15, 0.2) is 0 Å². The number of carbonyl (C=O) groups is 2. The average molecular weight is 387 g/mol. The number of benzene rings is 1. The van der Waals surface area contributed by atoms with Crippen molar-refractivity contribution in [2.75, 3.05) is 0 Å². The molecule has 0 bridgehead atoms. The van der Waals surface area contributed by atoms with E-state index in [0.717, 1.165) is 0 Å². The summed E-state index contributed by atoms with van der Waals surface area (Å²) in [6.45, 7) is 0. The van der Waals surface area contributed by atoms with Crippen molar-refractivity contribution >= 4 is 39.2 Å². The molecule has 1 aromatic carbocycles. The van der Waals surface area contributed by atoms with Gasteiger partial charge in [-0.1, -0.05) is 30.3 Å². The first-order chi connectivity index (χ1) is 12.7. The van der Waals surface area contributed by atoms with Gasteiger partial charge in [0.1, 0.15) is 16.3 Å². The van der Waals surface area contributed by atoms with E-state index >= 15 is 0 Å². The minimum absolute atomic E-state index is 0.118. The molecule has 0 spiro atoms. The van der Waals surface area contributed by atoms with E-state index in [1.807, 2.05) is 0 Å². The van der Waals surface area contributed by atoms with Gasteiger partial charge in [0.05, 0.1) is 0 Å². The fourth-order valence-electron chi connectivity index (χ4n) is 2.39. The maximum absolute atomic E-state index is 12.2. The largest absolute Gasteiger partial charge is 0.769 e. The molecule has 0 aromatic heterocycles. The summed E-state index contributed by atoms with van der Waals surface area (Å²) in [5, 5.41) is 28.2. The summed E-state index contributed by atoms with van der Waals surface area (Å²) in [4.78, 5) is 23.0. The monoisotopic (exact) mass is 387 g/mol. The van der Waals surface area contributed by atoms with E-state index in [4.69, 9.17) is 4.55 Å². The number of ketones is 2. The highest BCUT2D eigenvalue weighted by molar-refractivity contribution is 7.91. The topological polar surface area (TPSA) is 163 Å². The second-order valence-corrected chi connectivity index (χ2v) is 6.75. The lowest BCUT2D eigenvalue weighted by molar-refractivity contribution is -0.109. The highest BCUT2D eigenvalue weighted by Crippen LogP contribution is 2.21. The molecular weight excluding hydrogens is 378 g/mol. The minimum atomic E-state index is -5.02. The van der Waals surface area contributed by atoms with Gasteiger partial charge in [0, 0.05) is 11.3 Å². The molecule has 2 aliphatic rings. The Morgan fingerprint density at radius 2 is 1.70 bits per heavy atom. The third-order valence-corrected chi connectivity index (χ3v) is 4.49. The van der Waals surface area contributed by atoms with E-state index in [0.29, 0.717) is 23.3 Å². The lowest BCUT2D eigenvalue weighted by atomic mass is 9.95. The predicted octanol–water partition coefficient (Wildman–Crippen LogP) is 0.964. The molecule has 0 radical (unpaired) electrons. The number of rotatable bonds is 3. The van der Waals surface area contributed by atoms with Gasteiger partial charge in [0.25, 0.3) is 10.1 Å². The van der Waals surface area contributed by atoms with Crippen LogP contribution in [0.4, 0.5) is 0 Å². The fourth-order valence-corrected chi connectivity index (χ4v) is 3.00. The van der Waals surface area contributed by atoms with Crippen LogP contribution in [0, 0.1) is 10.4 Å². The van der Waals surface area contributed by atoms with Crippen LogP contribution in [-0.4, -0.2) is 41.2 Å². The van der Waals surface area contributed by atoms with Crippen molar-refractivity contribution in [3.8, 4) is 0 Å². The molecule has 0 saturated carbocycles. The van der Waals surface area contributed by atoms with Crippen molar-refractivity contribution in [1.29, 1.82) is 0 Å². The number of hydroxylamine groups is 2. The molecule has 0 saturated heterocycles. The quantitative estimate of drug-likeness (QED) is 0.455. The van der Waals surface area contributed by atoms with E-state index < -0.39 is 43.2 Å². The summed E-state index contributed by atoms with van der Waals surface area (Å²) in [6.07, 6.45) is 3.94. The van der Waals surface area contributed by atoms with Crippen LogP contribution in [0.1, 0.15) is 11.1 Å². The maximum Gasteiger partial charge on any atom is 0.298 e. The highest BCUT2D eigenvalue weighted by Gasteiger charge is 2.30. The lowest BCUT2D eigenvalue weighted by Gasteiger charge is -2.39. The van der Waals surface area contributed by atoms with Crippen LogP contribution >= 0.6 is 0 Å². The standard InChI is InChI=1S/C16H9N3O7S/c20-13-6-5-9-3-1-2-4-11(9)15(13)18-17-12-7-10(19(22)23)8-14(16(12)21)27(24,25)26/h1-8H,(H,24,25,26)/q-2. The highest BCUT2D eigenvalue weighted by atomic mass is 32.2. The number of nitrogens with zero attached hydrogens (tertiary/aromatic N) is 3. The average Bonchev–Trinajstić information content (AvgIpc) is 2.60. The van der Waals surface area contributed by atoms with Crippen LogP contribution in [0.25, 0.3) is 6.08 Å². The Hall–Kier alpha value is -3.25. The molecule has 0 amide bonds. The molecule has 1 N–H and O–H groups in total. The Labute approximate surface area is 152 Å². The number of allylic oxidation sites excluding steroid dienone is 4. The molecular formula is C16H9N3O7S-2. The van der Waals surface area contributed by atoms with Gasteiger partial charge >= 0.3 is 0 Å². The van der Waals surface area contributed by atoms with Crippen molar-refractivity contribution in [2.24, 2.45) is 10.2 Å². The number of hydrogen-bond donors (Lipinski definition) is 1. The minimum Gasteiger partial charge on any atom is -0.769 e. The fraction of sp³-hybridized carbons (Fsp3) is 0. The summed E-state index contributed by atoms with van der Waals surface area (Å²) < 4.78 is 31.7. The number of carbonyl (C=O) groups excluding carboxylic acids is 2. The van der Waals surface area contributed by atoms with Gasteiger partial charge in [-0.15, -0.1) is 10.2 Å². The Kier molecular flexibility index (Phi) is 4.68. The van der Waals surface area contributed by atoms with Crippen LogP contribution in [0.3, 0.4) is 0 Å². The normalized spacial score (nSPS) is 19.8. The zero-order valence-electron chi connectivity index (χ0n) is 13.3. The van der Waals surface area contributed by atoms with Gasteiger partial charge in [-0.25, -0.2) is 0 Å². The molecule has 2 aliphatic carbocycles. The van der Waals surface area contributed by atoms with E-state index in [1.165, 1.54) is 6.08 Å². The number of hydrogen-bond acceptors (Lipinski definition) is 9. The molecule has 10 nitrogen and oxygen atoms in total. The molecule has 11 heteroatoms. The van der Waals surface area contributed by atoms with Gasteiger partial charge in [-0.05, 0) is 23.8 Å². The van der Waals surface area contributed by atoms with Gasteiger partial charge < -0.3 is 15.6 Å². The molecule has 0 heterocycles. The Morgan fingerprint density at radius 1 is 1.00 bits per heavy atom. The second-order valence-electron chi connectivity index (χ2n) is 5.36. The first-order valence-corrected chi connectivity index (χ1v) is 8.70. The van der Waals surface area contributed by atoms with Crippen LogP contribution in [0.5, 0.6) is 0 Å². The van der Waals surface area contributed by atoms with Crippen LogP contribution in [0.2, 0.25) is 0 Å². The molecule has 0 fully saturated rings. The second kappa shape index (κ2) is 6.81. The van der Waals surface area contributed by atoms with E-state index in [9.17, 15) is 28.4 Å². The predicted molar refractivity (Wildman–Crippen MR) is 95.7 cm³/mol. The number of Topliss-reactive ketones (excluding diaryl/α,β-unsaturated/α-hetero) is 1. The van der Waals surface area contributed by atoms with Crippen molar-refractivity contribution in [3.63, 3.8) is 0 Å². The zero-order chi connectivity index (χ0) is 19.8. The summed E-state index contributed by atoms with van der Waals surface area (Å²) in [5.41, 5.74) is -0.499. The van der Waals surface area contributed by atoms with Gasteiger partial charge in [-0.3, -0.25) is 14.1 Å². The summed E-state index contributed by atoms with van der Waals surface area (Å²) in [6, 6.07) is 6.71. The van der Waals surface area contributed by atoms with Crippen molar-refractivity contribution < 1.29 is 22.6 Å². The maximum atomic E-state index is 12.2. The van der Waals surface area contributed by atoms with E-state index in [-0.39, 0.29) is 5.71 Å². The lowest BCUT2D eigenvalue weighted by Crippen LogP contribution is -2.26. The van der Waals surface area contributed by atoms with Crippen molar-refractivity contribution in [1.82, 2.24) is 5.23 Å². The Morgan fingerprint density at radius 3 is 2.37 bits per heavy atom. The Balaban J connectivity index is 2.10. The van der Waals surface area contributed by atoms with Crippen molar-refractivity contribution in [2.45, 2.75) is 0 Å². The molecule has 0 unspecified atom stereocenters. The Bertz CT molecular complexity index is 1110. The molecule has 1 aromatic rings. The van der Waals surface area contributed by atoms with Gasteiger partial charge in [-0.2, -0.15) is 8.42 Å². The third-order valence-electron chi connectivity index (χ3n) is 3.63. The first-order valence-electron chi connectivity index (χ1n) is 7.26. The zero-order valence-corrected chi connectivity index (χ0v) is 14.1. The van der Waals surface area contributed by atoms with E-state index in [2.05, 4.69) is 10.2 Å². The summed E-state index contributed by atoms with van der Waals surface area (Å²) >= 11 is 0. The summed E-state index contributed by atoms with van der Waals surface area (Å²) in [5.74, 6) is -1.79. The SMILES string of the molecule is O=C1C=Cc2ccccc2C1=NN=C1C=C(N([O-])[O-])C=C(S(=O)(=O)O)C1=O. The summed E-state index contributed by atoms with van der Waals surface area (Å²) in [7, 11) is -5.02. The van der Waals surface area contributed by atoms with Crippen LogP contribution < -0.4 is 0 Å². The third kappa shape index (κ3) is 3.66.